The summed E-state index contributed by atoms with van der Waals surface area (Å²) in [7, 11) is 1.13. The molecule has 0 unspecified atom stereocenters. The third-order valence-corrected chi connectivity index (χ3v) is 10.1. The molecule has 2 aromatic carbocycles. The van der Waals surface area contributed by atoms with Gasteiger partial charge in [-0.3, -0.25) is 28.9 Å². The number of methoxy groups -OCH3 is 1. The van der Waals surface area contributed by atoms with Crippen molar-refractivity contribution in [1.29, 1.82) is 0 Å². The molecular weight excluding hydrogens is 682 g/mol. The number of hydrogen-bond donors (Lipinski definition) is 4. The van der Waals surface area contributed by atoms with Crippen molar-refractivity contribution >= 4 is 56.0 Å². The summed E-state index contributed by atoms with van der Waals surface area (Å²) in [4.78, 5) is 77.8. The van der Waals surface area contributed by atoms with Crippen molar-refractivity contribution in [1.82, 2.24) is 9.88 Å². The third kappa shape index (κ3) is 4.29. The number of phenolic OH excluding ortho intramolecular Hbond substituents is 3. The Morgan fingerprint density at radius 1 is 1.02 bits per heavy atom. The van der Waals surface area contributed by atoms with Crippen molar-refractivity contribution in [3.63, 3.8) is 0 Å². The number of H-pyrrole nitrogens is 1. The van der Waals surface area contributed by atoms with Crippen LogP contribution in [0.15, 0.2) is 32.3 Å². The zero-order valence-corrected chi connectivity index (χ0v) is 26.4. The van der Waals surface area contributed by atoms with Crippen molar-refractivity contribution in [2.75, 3.05) is 46.6 Å². The quantitative estimate of drug-likeness (QED) is 0.0958. The van der Waals surface area contributed by atoms with E-state index in [1.807, 2.05) is 0 Å². The van der Waals surface area contributed by atoms with Gasteiger partial charge in [0.1, 0.15) is 29.3 Å². The summed E-state index contributed by atoms with van der Waals surface area (Å²) >= 11 is 3.50. The fraction of sp³-hybridized carbons (Fsp3) is 0.312. The minimum absolute atomic E-state index is 0.0836. The molecule has 242 valence electrons. The molecule has 15 heteroatoms. The number of oxime groups is 1. The van der Waals surface area contributed by atoms with Crippen molar-refractivity contribution in [3.05, 3.63) is 71.8 Å². The number of rotatable bonds is 6. The number of carbonyl (C=O) groups excluding carboxylic acids is 4. The van der Waals surface area contributed by atoms with Crippen LogP contribution in [-0.4, -0.2) is 101 Å². The normalized spacial score (nSPS) is 20.7. The van der Waals surface area contributed by atoms with Gasteiger partial charge in [-0.2, -0.15) is 0 Å². The zero-order valence-electron chi connectivity index (χ0n) is 24.8. The summed E-state index contributed by atoms with van der Waals surface area (Å²) in [5.41, 5.74) is -5.02. The van der Waals surface area contributed by atoms with Gasteiger partial charge in [-0.1, -0.05) is 5.16 Å². The summed E-state index contributed by atoms with van der Waals surface area (Å²) in [6, 6.07) is 1.55. The van der Waals surface area contributed by atoms with Gasteiger partial charge in [0.05, 0.1) is 59.9 Å². The molecule has 4 aliphatic rings. The van der Waals surface area contributed by atoms with Crippen LogP contribution in [0.3, 0.4) is 0 Å². The Morgan fingerprint density at radius 2 is 1.70 bits per heavy atom. The molecule has 1 aromatic heterocycles. The van der Waals surface area contributed by atoms with Gasteiger partial charge < -0.3 is 34.6 Å². The second-order valence-electron chi connectivity index (χ2n) is 11.5. The summed E-state index contributed by atoms with van der Waals surface area (Å²) in [5, 5.41) is 38.0. The topological polar surface area (TPSA) is 205 Å². The first-order chi connectivity index (χ1) is 22.5. The molecule has 47 heavy (non-hydrogen) atoms. The predicted molar refractivity (Wildman–Crippen MR) is 167 cm³/mol. The maximum atomic E-state index is 14.2. The Hall–Kier alpha value is -4.86. The summed E-state index contributed by atoms with van der Waals surface area (Å²) in [6.07, 6.45) is 2.03. The monoisotopic (exact) mass is 707 g/mol. The number of carbonyl (C=O) groups is 4. The third-order valence-electron chi connectivity index (χ3n) is 9.23. The number of halogens is 1. The van der Waals surface area contributed by atoms with Crippen molar-refractivity contribution < 1.29 is 48.8 Å². The van der Waals surface area contributed by atoms with E-state index < -0.39 is 79.4 Å². The summed E-state index contributed by atoms with van der Waals surface area (Å²) < 4.78 is 10.6. The Labute approximate surface area is 273 Å². The Kier molecular flexibility index (Phi) is 7.29. The summed E-state index contributed by atoms with van der Waals surface area (Å²) in [6.45, 7) is 3.89. The van der Waals surface area contributed by atoms with Gasteiger partial charge in [-0.05, 0) is 40.4 Å². The Morgan fingerprint density at radius 3 is 2.38 bits per heavy atom. The first-order valence-corrected chi connectivity index (χ1v) is 15.4. The number of ether oxygens (including phenoxy) is 2. The van der Waals surface area contributed by atoms with Crippen LogP contribution in [0.1, 0.15) is 64.7 Å². The molecule has 0 saturated carbocycles. The average molecular weight is 708 g/mol. The number of nitrogens with zero attached hydrogens (tertiary/aromatic N) is 2. The number of Topliss-reactive ketones (excluding diaryl/α,β-unsaturated/α-hetero) is 3. The molecule has 3 aliphatic carbocycles. The van der Waals surface area contributed by atoms with E-state index in [4.69, 9.17) is 14.3 Å². The smallest absolute Gasteiger partial charge is 0.260 e. The highest BCUT2D eigenvalue weighted by Crippen LogP contribution is 2.58. The standard InChI is InChI=1S/C32H26BrN3O11/c1-45-17-11-16(37)19-20(25(17)38)27(40)22-21(26(19)39)29(42)32(30(22)43)3-2-14-23(32)28(41)18-15(24(14)33)10-13(35-31(18)44)12-34-47-9-6-36-4-7-46-8-5-36/h10-12,39-41H,2-9H2,1H3,(H,35,44)/t32-/m0/s1. The van der Waals surface area contributed by atoms with E-state index in [-0.39, 0.29) is 34.9 Å². The van der Waals surface area contributed by atoms with Gasteiger partial charge in [-0.25, -0.2) is 0 Å². The minimum Gasteiger partial charge on any atom is -0.507 e. The lowest BCUT2D eigenvalue weighted by Crippen LogP contribution is -2.38. The maximum absolute atomic E-state index is 14.2. The fourth-order valence-electron chi connectivity index (χ4n) is 7.01. The lowest BCUT2D eigenvalue weighted by molar-refractivity contribution is 0.0214. The second kappa shape index (κ2) is 11.1. The van der Waals surface area contributed by atoms with Gasteiger partial charge in [0.2, 0.25) is 5.78 Å². The molecule has 2 heterocycles. The largest absolute Gasteiger partial charge is 0.507 e. The number of aromatic hydroxyl groups is 3. The minimum atomic E-state index is -2.15. The molecule has 14 nitrogen and oxygen atoms in total. The number of pyridine rings is 1. The van der Waals surface area contributed by atoms with Gasteiger partial charge >= 0.3 is 0 Å². The van der Waals surface area contributed by atoms with Crippen LogP contribution >= 0.6 is 15.9 Å². The van der Waals surface area contributed by atoms with Crippen LogP contribution in [0, 0.1) is 0 Å². The second-order valence-corrected chi connectivity index (χ2v) is 12.3. The zero-order chi connectivity index (χ0) is 33.4. The fourth-order valence-corrected chi connectivity index (χ4v) is 7.72. The molecule has 1 spiro atoms. The van der Waals surface area contributed by atoms with Crippen LogP contribution < -0.4 is 5.56 Å². The number of benzene rings is 2. The van der Waals surface area contributed by atoms with Gasteiger partial charge in [0, 0.05) is 41.1 Å². The molecule has 0 radical (unpaired) electrons. The molecule has 1 fully saturated rings. The highest BCUT2D eigenvalue weighted by Gasteiger charge is 2.62. The Bertz CT molecular complexity index is 2090. The lowest BCUT2D eigenvalue weighted by Gasteiger charge is -2.25. The van der Waals surface area contributed by atoms with Crippen LogP contribution in [0.25, 0.3) is 10.8 Å². The Balaban J connectivity index is 1.29. The molecule has 1 aliphatic heterocycles. The SMILES string of the molecule is COC1=CC(=O)c2c(O)c3c(c(O)c2C1=O)C(=O)[C@]1(CCc2c1c(O)c1c(=O)[nH]c(C=NOCCN4CCOCC4)cc1c2Br)C3=O. The molecular formula is C32H26BrN3O11. The van der Waals surface area contributed by atoms with Crippen molar-refractivity contribution in [2.24, 2.45) is 5.16 Å². The molecule has 4 N–H and O–H groups in total. The van der Waals surface area contributed by atoms with E-state index in [1.54, 1.807) is 6.07 Å². The average Bonchev–Trinajstić information content (AvgIpc) is 3.57. The number of aromatic nitrogens is 1. The number of phenols is 3. The molecule has 1 saturated heterocycles. The van der Waals surface area contributed by atoms with Crippen LogP contribution in [0.5, 0.6) is 17.2 Å². The first kappa shape index (κ1) is 30.8. The number of fused-ring (bicyclic) bond motifs is 5. The predicted octanol–water partition coefficient (Wildman–Crippen LogP) is 2.26. The number of morpholine rings is 1. The van der Waals surface area contributed by atoms with E-state index in [0.29, 0.717) is 36.4 Å². The number of hydrogen-bond acceptors (Lipinski definition) is 13. The van der Waals surface area contributed by atoms with E-state index in [1.165, 1.54) is 6.21 Å². The molecule has 3 aromatic rings. The van der Waals surface area contributed by atoms with Crippen molar-refractivity contribution in [2.45, 2.75) is 18.3 Å². The van der Waals surface area contributed by atoms with Crippen molar-refractivity contribution in [3.8, 4) is 17.2 Å². The highest BCUT2D eigenvalue weighted by molar-refractivity contribution is 9.10. The number of aromatic amines is 1. The van der Waals surface area contributed by atoms with E-state index in [2.05, 4.69) is 31.0 Å². The van der Waals surface area contributed by atoms with Crippen LogP contribution in [0.4, 0.5) is 0 Å². The highest BCUT2D eigenvalue weighted by atomic mass is 79.9. The number of nitrogens with one attached hydrogen (secondary N) is 1. The lowest BCUT2D eigenvalue weighted by atomic mass is 9.76. The van der Waals surface area contributed by atoms with E-state index in [0.717, 1.165) is 26.3 Å². The number of ketones is 4. The molecule has 0 bridgehead atoms. The van der Waals surface area contributed by atoms with Crippen LogP contribution in [-0.2, 0) is 26.1 Å². The van der Waals surface area contributed by atoms with Crippen LogP contribution in [0.2, 0.25) is 0 Å². The van der Waals surface area contributed by atoms with Gasteiger partial charge in [0.15, 0.2) is 23.1 Å². The molecule has 7 rings (SSSR count). The van der Waals surface area contributed by atoms with E-state index in [9.17, 15) is 39.3 Å². The maximum Gasteiger partial charge on any atom is 0.260 e. The first-order valence-electron chi connectivity index (χ1n) is 14.6. The summed E-state index contributed by atoms with van der Waals surface area (Å²) in [5.74, 6) is -6.79. The van der Waals surface area contributed by atoms with Gasteiger partial charge in [-0.15, -0.1) is 0 Å². The van der Waals surface area contributed by atoms with E-state index >= 15 is 0 Å². The molecule has 0 amide bonds. The molecule has 1 atom stereocenters. The number of allylic oxidation sites excluding steroid dienone is 2. The van der Waals surface area contributed by atoms with Gasteiger partial charge in [0.25, 0.3) is 5.56 Å².